The summed E-state index contributed by atoms with van der Waals surface area (Å²) in [5.41, 5.74) is 3.06. The summed E-state index contributed by atoms with van der Waals surface area (Å²) in [6, 6.07) is 6.59. The number of benzene rings is 1. The van der Waals surface area contributed by atoms with Gasteiger partial charge in [-0.15, -0.1) is 12.4 Å². The molecule has 1 aliphatic heterocycles. The van der Waals surface area contributed by atoms with Crippen LogP contribution in [0.2, 0.25) is 0 Å². The predicted molar refractivity (Wildman–Crippen MR) is 72.3 cm³/mol. The van der Waals surface area contributed by atoms with Crippen molar-refractivity contribution < 1.29 is 4.74 Å². The lowest BCUT2D eigenvalue weighted by Gasteiger charge is -2.37. The largest absolute Gasteiger partial charge is 0.497 e. The van der Waals surface area contributed by atoms with Crippen molar-refractivity contribution in [2.45, 2.75) is 25.2 Å². The Balaban J connectivity index is 0.00000108. The van der Waals surface area contributed by atoms with E-state index in [1.54, 1.807) is 7.11 Å². The number of aryl methyl sites for hydroxylation is 1. The summed E-state index contributed by atoms with van der Waals surface area (Å²) >= 11 is 0. The minimum Gasteiger partial charge on any atom is -0.497 e. The summed E-state index contributed by atoms with van der Waals surface area (Å²) in [7, 11) is 1.75. The molecule has 0 aromatic heterocycles. The minimum atomic E-state index is 0. The van der Waals surface area contributed by atoms with E-state index >= 15 is 0 Å². The zero-order chi connectivity index (χ0) is 11.0. The van der Waals surface area contributed by atoms with Crippen LogP contribution in [0.15, 0.2) is 18.2 Å². The molecule has 1 heterocycles. The summed E-state index contributed by atoms with van der Waals surface area (Å²) in [6.45, 7) is 2.34. The van der Waals surface area contributed by atoms with Crippen LogP contribution in [-0.2, 0) is 6.42 Å². The van der Waals surface area contributed by atoms with Crippen molar-refractivity contribution >= 4 is 12.4 Å². The first kappa shape index (κ1) is 12.7. The average Bonchev–Trinajstić information content (AvgIpc) is 2.38. The molecule has 3 rings (SSSR count). The standard InChI is InChI=1S/C14H19NO.ClH/c1-16-12-5-4-10-2-3-11-6-7-15-9-14(11)13(10)8-12;/h4-5,8,11,14-15H,2-3,6-7,9H2,1H3;1H/t11-,14-;/m1./s1. The zero-order valence-electron chi connectivity index (χ0n) is 10.2. The number of nitrogens with one attached hydrogen (secondary N) is 1. The van der Waals surface area contributed by atoms with Gasteiger partial charge in [-0.3, -0.25) is 0 Å². The maximum atomic E-state index is 5.34. The average molecular weight is 254 g/mol. The van der Waals surface area contributed by atoms with Crippen LogP contribution in [0.5, 0.6) is 5.75 Å². The van der Waals surface area contributed by atoms with E-state index < -0.39 is 0 Å². The van der Waals surface area contributed by atoms with Gasteiger partial charge in [0.05, 0.1) is 7.11 Å². The molecule has 1 N–H and O–H groups in total. The van der Waals surface area contributed by atoms with E-state index in [0.29, 0.717) is 5.92 Å². The van der Waals surface area contributed by atoms with Crippen LogP contribution in [0, 0.1) is 5.92 Å². The molecule has 3 heteroatoms. The van der Waals surface area contributed by atoms with Gasteiger partial charge < -0.3 is 10.1 Å². The van der Waals surface area contributed by atoms with Gasteiger partial charge in [0, 0.05) is 6.54 Å². The van der Waals surface area contributed by atoms with Crippen LogP contribution in [0.1, 0.15) is 29.9 Å². The molecule has 1 aliphatic carbocycles. The number of rotatable bonds is 1. The molecule has 2 atom stereocenters. The van der Waals surface area contributed by atoms with Crippen LogP contribution >= 0.6 is 12.4 Å². The van der Waals surface area contributed by atoms with Gasteiger partial charge in [0.2, 0.25) is 0 Å². The highest BCUT2D eigenvalue weighted by atomic mass is 35.5. The molecule has 0 amide bonds. The normalized spacial score (nSPS) is 26.4. The highest BCUT2D eigenvalue weighted by Gasteiger charge is 2.31. The van der Waals surface area contributed by atoms with Gasteiger partial charge in [-0.25, -0.2) is 0 Å². The molecule has 1 fully saturated rings. The second-order valence-electron chi connectivity index (χ2n) is 4.96. The quantitative estimate of drug-likeness (QED) is 0.831. The molecule has 94 valence electrons. The van der Waals surface area contributed by atoms with E-state index in [9.17, 15) is 0 Å². The molecule has 2 aliphatic rings. The molecule has 0 radical (unpaired) electrons. The number of methoxy groups -OCH3 is 1. The fourth-order valence-corrected chi connectivity index (χ4v) is 3.24. The summed E-state index contributed by atoms with van der Waals surface area (Å²) in [4.78, 5) is 0. The van der Waals surface area contributed by atoms with Crippen LogP contribution in [0.3, 0.4) is 0 Å². The van der Waals surface area contributed by atoms with E-state index in [4.69, 9.17) is 4.74 Å². The van der Waals surface area contributed by atoms with E-state index in [2.05, 4.69) is 23.5 Å². The summed E-state index contributed by atoms with van der Waals surface area (Å²) in [5, 5.41) is 3.52. The van der Waals surface area contributed by atoms with Gasteiger partial charge in [-0.2, -0.15) is 0 Å². The number of halogens is 1. The lowest BCUT2D eigenvalue weighted by Crippen LogP contribution is -2.37. The highest BCUT2D eigenvalue weighted by molar-refractivity contribution is 5.85. The molecule has 0 unspecified atom stereocenters. The lowest BCUT2D eigenvalue weighted by molar-refractivity contribution is 0.290. The number of ether oxygens (including phenoxy) is 1. The van der Waals surface area contributed by atoms with Gasteiger partial charge in [0.25, 0.3) is 0 Å². The molecular formula is C14H20ClNO. The summed E-state index contributed by atoms with van der Waals surface area (Å²) < 4.78 is 5.34. The fourth-order valence-electron chi connectivity index (χ4n) is 3.24. The smallest absolute Gasteiger partial charge is 0.119 e. The third kappa shape index (κ3) is 2.29. The lowest BCUT2D eigenvalue weighted by atomic mass is 9.72. The van der Waals surface area contributed by atoms with Crippen LogP contribution in [0.4, 0.5) is 0 Å². The van der Waals surface area contributed by atoms with Crippen molar-refractivity contribution in [2.75, 3.05) is 20.2 Å². The predicted octanol–water partition coefficient (Wildman–Crippen LogP) is 2.76. The number of hydrogen-bond donors (Lipinski definition) is 1. The molecular weight excluding hydrogens is 234 g/mol. The Labute approximate surface area is 109 Å². The topological polar surface area (TPSA) is 21.3 Å². The van der Waals surface area contributed by atoms with E-state index in [-0.39, 0.29) is 12.4 Å². The van der Waals surface area contributed by atoms with Gasteiger partial charge in [0.1, 0.15) is 5.75 Å². The first-order valence-corrected chi connectivity index (χ1v) is 6.26. The van der Waals surface area contributed by atoms with Gasteiger partial charge in [0.15, 0.2) is 0 Å². The Morgan fingerprint density at radius 3 is 3.00 bits per heavy atom. The minimum absolute atomic E-state index is 0. The van der Waals surface area contributed by atoms with Crippen LogP contribution < -0.4 is 10.1 Å². The van der Waals surface area contributed by atoms with Gasteiger partial charge in [-0.05, 0) is 60.9 Å². The van der Waals surface area contributed by atoms with E-state index in [1.165, 1.54) is 36.9 Å². The Kier molecular flexibility index (Phi) is 3.95. The molecule has 0 saturated carbocycles. The van der Waals surface area contributed by atoms with Crippen molar-refractivity contribution in [3.8, 4) is 5.75 Å². The first-order valence-electron chi connectivity index (χ1n) is 6.26. The van der Waals surface area contributed by atoms with Crippen molar-refractivity contribution in [2.24, 2.45) is 5.92 Å². The molecule has 2 nitrogen and oxygen atoms in total. The number of piperidine rings is 1. The number of hydrogen-bond acceptors (Lipinski definition) is 2. The maximum absolute atomic E-state index is 5.34. The SMILES string of the molecule is COc1ccc2c(c1)[C@@H]1CNCC[C@H]1CC2.Cl. The van der Waals surface area contributed by atoms with Crippen LogP contribution in [0.25, 0.3) is 0 Å². The van der Waals surface area contributed by atoms with Crippen molar-refractivity contribution in [3.63, 3.8) is 0 Å². The zero-order valence-corrected chi connectivity index (χ0v) is 11.1. The molecule has 1 aromatic rings. The van der Waals surface area contributed by atoms with E-state index in [0.717, 1.165) is 18.2 Å². The first-order chi connectivity index (χ1) is 7.88. The summed E-state index contributed by atoms with van der Waals surface area (Å²) in [6.07, 6.45) is 3.95. The monoisotopic (exact) mass is 253 g/mol. The second-order valence-corrected chi connectivity index (χ2v) is 4.96. The highest BCUT2D eigenvalue weighted by Crippen LogP contribution is 2.40. The van der Waals surface area contributed by atoms with Gasteiger partial charge in [-0.1, -0.05) is 6.07 Å². The summed E-state index contributed by atoms with van der Waals surface area (Å²) in [5.74, 6) is 2.61. The van der Waals surface area contributed by atoms with Crippen molar-refractivity contribution in [1.82, 2.24) is 5.32 Å². The Hall–Kier alpha value is -0.730. The van der Waals surface area contributed by atoms with Crippen molar-refractivity contribution in [3.05, 3.63) is 29.3 Å². The molecule has 1 saturated heterocycles. The number of fused-ring (bicyclic) bond motifs is 3. The Bertz CT molecular complexity index is 394. The molecule has 1 aromatic carbocycles. The molecule has 0 bridgehead atoms. The Morgan fingerprint density at radius 1 is 1.29 bits per heavy atom. The molecule has 17 heavy (non-hydrogen) atoms. The second kappa shape index (κ2) is 5.28. The fraction of sp³-hybridized carbons (Fsp3) is 0.571. The molecule has 0 spiro atoms. The third-order valence-electron chi connectivity index (χ3n) is 4.16. The Morgan fingerprint density at radius 2 is 2.18 bits per heavy atom. The van der Waals surface area contributed by atoms with Gasteiger partial charge >= 0.3 is 0 Å². The van der Waals surface area contributed by atoms with Crippen molar-refractivity contribution in [1.29, 1.82) is 0 Å². The third-order valence-corrected chi connectivity index (χ3v) is 4.16. The van der Waals surface area contributed by atoms with E-state index in [1.807, 2.05) is 0 Å². The van der Waals surface area contributed by atoms with Crippen LogP contribution in [-0.4, -0.2) is 20.2 Å². The maximum Gasteiger partial charge on any atom is 0.119 e.